The zero-order chi connectivity index (χ0) is 19.1. The molecule has 2 heterocycles. The van der Waals surface area contributed by atoms with E-state index in [4.69, 9.17) is 4.74 Å². The minimum atomic E-state index is 0.0573. The van der Waals surface area contributed by atoms with Gasteiger partial charge in [0.25, 0.3) is 0 Å². The van der Waals surface area contributed by atoms with Crippen molar-refractivity contribution in [1.82, 2.24) is 9.88 Å². The van der Waals surface area contributed by atoms with Crippen LogP contribution in [0.1, 0.15) is 36.8 Å². The molecule has 0 aliphatic carbocycles. The van der Waals surface area contributed by atoms with Crippen LogP contribution < -0.4 is 10.1 Å². The Hall–Kier alpha value is -1.57. The number of thioether (sulfide) groups is 1. The summed E-state index contributed by atoms with van der Waals surface area (Å²) in [4.78, 5) is 21.8. The molecule has 1 amide bonds. The van der Waals surface area contributed by atoms with E-state index in [2.05, 4.69) is 22.1 Å². The van der Waals surface area contributed by atoms with Crippen LogP contribution in [0.2, 0.25) is 0 Å². The van der Waals surface area contributed by atoms with Crippen molar-refractivity contribution < 1.29 is 9.53 Å². The molecule has 0 saturated heterocycles. The lowest BCUT2D eigenvalue weighted by Crippen LogP contribution is -2.30. The van der Waals surface area contributed by atoms with Crippen LogP contribution >= 0.6 is 23.1 Å². The molecule has 1 aromatic carbocycles. The smallest absolute Gasteiger partial charge is 0.226 e. The number of fused-ring (bicyclic) bond motifs is 1. The highest BCUT2D eigenvalue weighted by Gasteiger charge is 2.20. The zero-order valence-corrected chi connectivity index (χ0v) is 17.6. The van der Waals surface area contributed by atoms with Crippen molar-refractivity contribution in [2.75, 3.05) is 31.3 Å². The Morgan fingerprint density at radius 2 is 2.19 bits per heavy atom. The predicted molar refractivity (Wildman–Crippen MR) is 113 cm³/mol. The molecule has 2 aromatic rings. The van der Waals surface area contributed by atoms with E-state index in [0.29, 0.717) is 6.42 Å². The molecule has 1 aliphatic heterocycles. The first-order valence-electron chi connectivity index (χ1n) is 9.45. The zero-order valence-electron chi connectivity index (χ0n) is 16.0. The summed E-state index contributed by atoms with van der Waals surface area (Å²) < 4.78 is 5.16. The second kappa shape index (κ2) is 10.1. The molecule has 1 aromatic heterocycles. The van der Waals surface area contributed by atoms with Crippen LogP contribution in [-0.4, -0.2) is 41.7 Å². The van der Waals surface area contributed by atoms with Gasteiger partial charge in [0.1, 0.15) is 5.75 Å². The lowest BCUT2D eigenvalue weighted by molar-refractivity contribution is -0.116. The largest absolute Gasteiger partial charge is 0.497 e. The lowest BCUT2D eigenvalue weighted by atomic mass is 10.2. The number of amides is 1. The van der Waals surface area contributed by atoms with Gasteiger partial charge in [-0.1, -0.05) is 6.92 Å². The Morgan fingerprint density at radius 1 is 1.37 bits per heavy atom. The van der Waals surface area contributed by atoms with Gasteiger partial charge < -0.3 is 10.1 Å². The standard InChI is InChI=1S/C20H27N3O2S2/c1-3-11-23-12-10-17-18(14-23)27-20(21-17)22-19(24)5-4-13-26-16-8-6-15(25-2)7-9-16/h6-9H,3-5,10-14H2,1-2H3,(H,21,22,24). The number of aromatic nitrogens is 1. The molecule has 1 aliphatic rings. The fourth-order valence-electron chi connectivity index (χ4n) is 3.09. The van der Waals surface area contributed by atoms with E-state index in [0.717, 1.165) is 54.8 Å². The summed E-state index contributed by atoms with van der Waals surface area (Å²) in [5.74, 6) is 1.84. The SMILES string of the molecule is CCCN1CCc2nc(NC(=O)CCCSc3ccc(OC)cc3)sc2C1. The van der Waals surface area contributed by atoms with Crippen molar-refractivity contribution in [1.29, 1.82) is 0 Å². The van der Waals surface area contributed by atoms with Gasteiger partial charge >= 0.3 is 0 Å². The first kappa shape index (κ1) is 20.2. The number of nitrogens with one attached hydrogen (secondary N) is 1. The maximum Gasteiger partial charge on any atom is 0.226 e. The van der Waals surface area contributed by atoms with Gasteiger partial charge in [0.05, 0.1) is 12.8 Å². The van der Waals surface area contributed by atoms with Crippen LogP contribution in [0.5, 0.6) is 5.75 Å². The molecule has 0 fully saturated rings. The number of hydrogen-bond donors (Lipinski definition) is 1. The Bertz CT molecular complexity index is 746. The molecule has 1 N–H and O–H groups in total. The van der Waals surface area contributed by atoms with Gasteiger partial charge in [-0.3, -0.25) is 9.69 Å². The number of anilines is 1. The number of benzene rings is 1. The van der Waals surface area contributed by atoms with Crippen LogP contribution in [0.3, 0.4) is 0 Å². The van der Waals surface area contributed by atoms with Gasteiger partial charge in [-0.15, -0.1) is 23.1 Å². The number of rotatable bonds is 9. The van der Waals surface area contributed by atoms with Gasteiger partial charge in [-0.25, -0.2) is 4.98 Å². The van der Waals surface area contributed by atoms with Gasteiger partial charge in [-0.2, -0.15) is 0 Å². The number of carbonyl (C=O) groups excluding carboxylic acids is 1. The topological polar surface area (TPSA) is 54.5 Å². The maximum atomic E-state index is 12.2. The average molecular weight is 406 g/mol. The molecule has 0 saturated carbocycles. The van der Waals surface area contributed by atoms with Crippen molar-refractivity contribution in [3.05, 3.63) is 34.8 Å². The van der Waals surface area contributed by atoms with Crippen molar-refractivity contribution in [2.45, 2.75) is 44.0 Å². The summed E-state index contributed by atoms with van der Waals surface area (Å²) in [5, 5.41) is 3.74. The molecule has 0 radical (unpaired) electrons. The lowest BCUT2D eigenvalue weighted by Gasteiger charge is -2.24. The first-order chi connectivity index (χ1) is 13.2. The minimum Gasteiger partial charge on any atom is -0.497 e. The summed E-state index contributed by atoms with van der Waals surface area (Å²) in [6, 6.07) is 8.01. The summed E-state index contributed by atoms with van der Waals surface area (Å²) in [7, 11) is 1.67. The fourth-order valence-corrected chi connectivity index (χ4v) is 5.01. The number of nitrogens with zero attached hydrogens (tertiary/aromatic N) is 2. The van der Waals surface area contributed by atoms with Gasteiger partial charge in [-0.05, 0) is 49.4 Å². The third-order valence-corrected chi connectivity index (χ3v) is 6.57. The second-order valence-electron chi connectivity index (χ2n) is 6.59. The number of hydrogen-bond acceptors (Lipinski definition) is 6. The van der Waals surface area contributed by atoms with Crippen molar-refractivity contribution >= 4 is 34.1 Å². The normalized spacial score (nSPS) is 14.0. The molecule has 7 heteroatoms. The highest BCUT2D eigenvalue weighted by Crippen LogP contribution is 2.28. The van der Waals surface area contributed by atoms with E-state index >= 15 is 0 Å². The van der Waals surface area contributed by atoms with Gasteiger partial charge in [0, 0.05) is 35.7 Å². The quantitative estimate of drug-likeness (QED) is 0.494. The molecule has 27 heavy (non-hydrogen) atoms. The first-order valence-corrected chi connectivity index (χ1v) is 11.3. The molecule has 0 atom stereocenters. The summed E-state index contributed by atoms with van der Waals surface area (Å²) in [5.41, 5.74) is 1.16. The van der Waals surface area contributed by atoms with Gasteiger partial charge in [0.15, 0.2) is 5.13 Å². The molecular formula is C20H27N3O2S2. The molecular weight excluding hydrogens is 378 g/mol. The van der Waals surface area contributed by atoms with E-state index < -0.39 is 0 Å². The second-order valence-corrected chi connectivity index (χ2v) is 8.84. The molecule has 0 spiro atoms. The van der Waals surface area contributed by atoms with Crippen LogP contribution in [0.15, 0.2) is 29.2 Å². The van der Waals surface area contributed by atoms with E-state index in [1.807, 2.05) is 24.3 Å². The molecule has 0 unspecified atom stereocenters. The Labute approximate surface area is 169 Å². The molecule has 3 rings (SSSR count). The van der Waals surface area contributed by atoms with Gasteiger partial charge in [0.2, 0.25) is 5.91 Å². The monoisotopic (exact) mass is 405 g/mol. The maximum absolute atomic E-state index is 12.2. The Balaban J connectivity index is 1.39. The highest BCUT2D eigenvalue weighted by molar-refractivity contribution is 7.99. The van der Waals surface area contributed by atoms with Crippen LogP contribution in [0.25, 0.3) is 0 Å². The predicted octanol–water partition coefficient (Wildman–Crippen LogP) is 4.43. The molecule has 5 nitrogen and oxygen atoms in total. The van der Waals surface area contributed by atoms with E-state index in [-0.39, 0.29) is 5.91 Å². The summed E-state index contributed by atoms with van der Waals surface area (Å²) in [6.07, 6.45) is 3.53. The molecule has 0 bridgehead atoms. The highest BCUT2D eigenvalue weighted by atomic mass is 32.2. The number of methoxy groups -OCH3 is 1. The average Bonchev–Trinajstić information content (AvgIpc) is 3.07. The van der Waals surface area contributed by atoms with Crippen LogP contribution in [0, 0.1) is 0 Å². The Morgan fingerprint density at radius 3 is 2.93 bits per heavy atom. The Kier molecular flexibility index (Phi) is 7.55. The number of carbonyl (C=O) groups is 1. The van der Waals surface area contributed by atoms with Crippen LogP contribution in [0.4, 0.5) is 5.13 Å². The number of ether oxygens (including phenoxy) is 1. The van der Waals surface area contributed by atoms with Crippen molar-refractivity contribution in [3.8, 4) is 5.75 Å². The fraction of sp³-hybridized carbons (Fsp3) is 0.500. The van der Waals surface area contributed by atoms with E-state index in [1.54, 1.807) is 30.2 Å². The third-order valence-electron chi connectivity index (χ3n) is 4.47. The number of thiazole rings is 1. The van der Waals surface area contributed by atoms with Crippen LogP contribution in [-0.2, 0) is 17.8 Å². The summed E-state index contributed by atoms with van der Waals surface area (Å²) in [6.45, 7) is 5.38. The van der Waals surface area contributed by atoms with Crippen molar-refractivity contribution in [2.24, 2.45) is 0 Å². The summed E-state index contributed by atoms with van der Waals surface area (Å²) >= 11 is 3.39. The molecule has 146 valence electrons. The minimum absolute atomic E-state index is 0.0573. The third kappa shape index (κ3) is 5.96. The van der Waals surface area contributed by atoms with E-state index in [1.165, 1.54) is 16.2 Å². The van der Waals surface area contributed by atoms with E-state index in [9.17, 15) is 4.79 Å². The van der Waals surface area contributed by atoms with Crippen molar-refractivity contribution in [3.63, 3.8) is 0 Å².